The maximum atomic E-state index is 10.8. The lowest BCUT2D eigenvalue weighted by Crippen LogP contribution is -2.09. The number of hydrogen-bond donors (Lipinski definition) is 0. The predicted molar refractivity (Wildman–Crippen MR) is 38.9 cm³/mol. The standard InChI is InChI=1S/C7H5N3O/c11-6-1-5-2-8-4-10-7(5)9-3-6/h2-4H,1H2. The maximum Gasteiger partial charge on any atom is 0.178 e. The normalized spacial score (nSPS) is 14.7. The molecule has 0 radical (unpaired) electrons. The summed E-state index contributed by atoms with van der Waals surface area (Å²) in [6, 6.07) is 0. The molecule has 0 spiro atoms. The van der Waals surface area contributed by atoms with Crippen molar-refractivity contribution in [2.24, 2.45) is 4.99 Å². The highest BCUT2D eigenvalue weighted by molar-refractivity contribution is 6.29. The lowest BCUT2D eigenvalue weighted by Gasteiger charge is -2.04. The fourth-order valence-electron chi connectivity index (χ4n) is 0.959. The SMILES string of the molecule is O=C1C=Nc2ncncc2C1. The quantitative estimate of drug-likeness (QED) is 0.530. The number of nitrogens with zero attached hydrogens (tertiary/aromatic N) is 3. The zero-order valence-corrected chi connectivity index (χ0v) is 5.69. The van der Waals surface area contributed by atoms with Crippen LogP contribution in [-0.4, -0.2) is 22.0 Å². The van der Waals surface area contributed by atoms with Crippen LogP contribution in [0.1, 0.15) is 5.56 Å². The third kappa shape index (κ3) is 1.02. The van der Waals surface area contributed by atoms with Gasteiger partial charge in [0.2, 0.25) is 0 Å². The molecule has 0 N–H and O–H groups in total. The molecule has 0 bridgehead atoms. The van der Waals surface area contributed by atoms with E-state index >= 15 is 0 Å². The number of carbonyl (C=O) groups is 1. The van der Waals surface area contributed by atoms with Gasteiger partial charge < -0.3 is 0 Å². The van der Waals surface area contributed by atoms with Crippen molar-refractivity contribution in [2.45, 2.75) is 6.42 Å². The highest BCUT2D eigenvalue weighted by Crippen LogP contribution is 2.16. The van der Waals surface area contributed by atoms with E-state index in [1.165, 1.54) is 12.5 Å². The molecule has 4 heteroatoms. The summed E-state index contributed by atoms with van der Waals surface area (Å²) in [5.74, 6) is 0.618. The Bertz CT molecular complexity index is 332. The van der Waals surface area contributed by atoms with Crippen LogP contribution < -0.4 is 0 Å². The minimum atomic E-state index is 0.00676. The van der Waals surface area contributed by atoms with E-state index in [0.717, 1.165) is 5.56 Å². The van der Waals surface area contributed by atoms with Gasteiger partial charge in [0, 0.05) is 18.2 Å². The second-order valence-corrected chi connectivity index (χ2v) is 2.27. The van der Waals surface area contributed by atoms with Gasteiger partial charge in [-0.05, 0) is 0 Å². The van der Waals surface area contributed by atoms with E-state index < -0.39 is 0 Å². The molecule has 0 aromatic carbocycles. The van der Waals surface area contributed by atoms with Crippen LogP contribution in [0.2, 0.25) is 0 Å². The van der Waals surface area contributed by atoms with E-state index in [0.29, 0.717) is 12.2 Å². The van der Waals surface area contributed by atoms with Crippen LogP contribution in [0.5, 0.6) is 0 Å². The van der Waals surface area contributed by atoms with Crippen molar-refractivity contribution in [3.63, 3.8) is 0 Å². The number of hydrogen-bond acceptors (Lipinski definition) is 4. The van der Waals surface area contributed by atoms with Crippen molar-refractivity contribution in [2.75, 3.05) is 0 Å². The van der Waals surface area contributed by atoms with Crippen LogP contribution in [0.4, 0.5) is 5.82 Å². The Balaban J connectivity index is 2.54. The lowest BCUT2D eigenvalue weighted by molar-refractivity contribution is -0.112. The van der Waals surface area contributed by atoms with E-state index in [9.17, 15) is 4.79 Å². The maximum absolute atomic E-state index is 10.8. The highest BCUT2D eigenvalue weighted by atomic mass is 16.1. The van der Waals surface area contributed by atoms with Gasteiger partial charge in [-0.2, -0.15) is 0 Å². The summed E-state index contributed by atoms with van der Waals surface area (Å²) in [5, 5.41) is 0. The predicted octanol–water partition coefficient (Wildman–Crippen LogP) is 0.304. The summed E-state index contributed by atoms with van der Waals surface area (Å²) in [7, 11) is 0. The first-order valence-electron chi connectivity index (χ1n) is 3.22. The molecule has 0 fully saturated rings. The Kier molecular flexibility index (Phi) is 1.25. The summed E-state index contributed by atoms with van der Waals surface area (Å²) in [6.45, 7) is 0. The fourth-order valence-corrected chi connectivity index (χ4v) is 0.959. The van der Waals surface area contributed by atoms with Gasteiger partial charge >= 0.3 is 0 Å². The topological polar surface area (TPSA) is 55.2 Å². The Morgan fingerprint density at radius 3 is 3.27 bits per heavy atom. The van der Waals surface area contributed by atoms with Gasteiger partial charge in [-0.3, -0.25) is 4.79 Å². The molecule has 1 aliphatic rings. The highest BCUT2D eigenvalue weighted by Gasteiger charge is 2.11. The molecular formula is C7H5N3O. The summed E-state index contributed by atoms with van der Waals surface area (Å²) in [4.78, 5) is 22.4. The van der Waals surface area contributed by atoms with Crippen molar-refractivity contribution in [3.8, 4) is 0 Å². The molecule has 0 unspecified atom stereocenters. The van der Waals surface area contributed by atoms with Gasteiger partial charge in [-0.1, -0.05) is 0 Å². The monoisotopic (exact) mass is 147 g/mol. The largest absolute Gasteiger partial charge is 0.293 e. The summed E-state index contributed by atoms with van der Waals surface area (Å²) in [5.41, 5.74) is 0.806. The Labute approximate surface area is 63.0 Å². The molecule has 0 aliphatic carbocycles. The van der Waals surface area contributed by atoms with Crippen LogP contribution in [0.15, 0.2) is 17.5 Å². The number of Topliss-reactive ketones (excluding diaryl/α,β-unsaturated/α-hetero) is 1. The molecule has 1 aromatic heterocycles. The number of aromatic nitrogens is 2. The van der Waals surface area contributed by atoms with Gasteiger partial charge in [-0.15, -0.1) is 0 Å². The lowest BCUT2D eigenvalue weighted by atomic mass is 10.1. The molecule has 54 valence electrons. The zero-order chi connectivity index (χ0) is 7.68. The molecule has 0 saturated heterocycles. The van der Waals surface area contributed by atoms with Crippen LogP contribution in [0.25, 0.3) is 0 Å². The first kappa shape index (κ1) is 6.15. The zero-order valence-electron chi connectivity index (χ0n) is 5.69. The van der Waals surface area contributed by atoms with Gasteiger partial charge in [-0.25, -0.2) is 15.0 Å². The first-order valence-corrected chi connectivity index (χ1v) is 3.22. The average Bonchev–Trinajstić information content (AvgIpc) is 2.04. The van der Waals surface area contributed by atoms with E-state index in [4.69, 9.17) is 0 Å². The number of ketones is 1. The van der Waals surface area contributed by atoms with E-state index in [1.54, 1.807) is 6.20 Å². The number of aliphatic imine (C=N–C) groups is 1. The number of fused-ring (bicyclic) bond motifs is 1. The van der Waals surface area contributed by atoms with Crippen LogP contribution in [-0.2, 0) is 11.2 Å². The van der Waals surface area contributed by atoms with E-state index in [1.807, 2.05) is 0 Å². The van der Waals surface area contributed by atoms with Crippen molar-refractivity contribution >= 4 is 17.8 Å². The van der Waals surface area contributed by atoms with Crippen molar-refractivity contribution < 1.29 is 4.79 Å². The molecule has 11 heavy (non-hydrogen) atoms. The molecule has 1 aromatic rings. The number of rotatable bonds is 0. The Morgan fingerprint density at radius 2 is 2.36 bits per heavy atom. The van der Waals surface area contributed by atoms with Crippen LogP contribution in [0, 0.1) is 0 Å². The first-order chi connectivity index (χ1) is 5.36. The van der Waals surface area contributed by atoms with Gasteiger partial charge in [0.15, 0.2) is 11.6 Å². The van der Waals surface area contributed by atoms with Gasteiger partial charge in [0.05, 0.1) is 6.21 Å². The molecule has 4 nitrogen and oxygen atoms in total. The number of carbonyl (C=O) groups excluding carboxylic acids is 1. The van der Waals surface area contributed by atoms with Crippen molar-refractivity contribution in [3.05, 3.63) is 18.1 Å². The van der Waals surface area contributed by atoms with Crippen molar-refractivity contribution in [1.82, 2.24) is 9.97 Å². The molecule has 0 amide bonds. The van der Waals surface area contributed by atoms with Gasteiger partial charge in [0.25, 0.3) is 0 Å². The molecule has 1 aliphatic heterocycles. The average molecular weight is 147 g/mol. The molecule has 2 rings (SSSR count). The second-order valence-electron chi connectivity index (χ2n) is 2.27. The van der Waals surface area contributed by atoms with Crippen LogP contribution in [0.3, 0.4) is 0 Å². The molecule has 2 heterocycles. The summed E-state index contributed by atoms with van der Waals surface area (Å²) >= 11 is 0. The Hall–Kier alpha value is -1.58. The summed E-state index contributed by atoms with van der Waals surface area (Å²) < 4.78 is 0. The van der Waals surface area contributed by atoms with Gasteiger partial charge in [0.1, 0.15) is 6.33 Å². The van der Waals surface area contributed by atoms with E-state index in [2.05, 4.69) is 15.0 Å². The van der Waals surface area contributed by atoms with Crippen molar-refractivity contribution in [1.29, 1.82) is 0 Å². The summed E-state index contributed by atoms with van der Waals surface area (Å²) in [6.07, 6.45) is 4.72. The molecular weight excluding hydrogens is 142 g/mol. The molecule has 0 atom stereocenters. The molecule has 0 saturated carbocycles. The third-order valence-corrected chi connectivity index (χ3v) is 1.46. The smallest absolute Gasteiger partial charge is 0.178 e. The third-order valence-electron chi connectivity index (χ3n) is 1.46. The second kappa shape index (κ2) is 2.23. The fraction of sp³-hybridized carbons (Fsp3) is 0.143. The Morgan fingerprint density at radius 1 is 1.45 bits per heavy atom. The van der Waals surface area contributed by atoms with E-state index in [-0.39, 0.29) is 5.78 Å². The minimum absolute atomic E-state index is 0.00676. The minimum Gasteiger partial charge on any atom is -0.293 e. The van der Waals surface area contributed by atoms with Crippen LogP contribution >= 0.6 is 0 Å².